The number of amides is 1. The molecule has 1 saturated heterocycles. The molecule has 1 amide bonds. The van der Waals surface area contributed by atoms with E-state index in [1.165, 1.54) is 0 Å². The first-order valence-electron chi connectivity index (χ1n) is 7.98. The average Bonchev–Trinajstić information content (AvgIpc) is 2.58. The number of piperazine rings is 1. The van der Waals surface area contributed by atoms with E-state index < -0.39 is 0 Å². The molecule has 1 aliphatic rings. The van der Waals surface area contributed by atoms with Gasteiger partial charge in [-0.1, -0.05) is 23.2 Å². The lowest BCUT2D eigenvalue weighted by atomic mass is 10.2. The fourth-order valence-electron chi connectivity index (χ4n) is 2.62. The van der Waals surface area contributed by atoms with Crippen molar-refractivity contribution in [2.75, 3.05) is 38.5 Å². The number of benzene rings is 1. The number of aromatic nitrogens is 2. The molecule has 0 bridgehead atoms. The van der Waals surface area contributed by atoms with E-state index in [9.17, 15) is 4.79 Å². The van der Waals surface area contributed by atoms with E-state index in [4.69, 9.17) is 23.2 Å². The summed E-state index contributed by atoms with van der Waals surface area (Å²) in [4.78, 5) is 25.4. The lowest BCUT2D eigenvalue weighted by molar-refractivity contribution is 0.0658. The second-order valence-electron chi connectivity index (χ2n) is 6.06. The van der Waals surface area contributed by atoms with E-state index in [0.29, 0.717) is 46.2 Å². The topological polar surface area (TPSA) is 61.4 Å². The highest BCUT2D eigenvalue weighted by Crippen LogP contribution is 2.27. The number of anilines is 2. The number of hydrogen-bond donors (Lipinski definition) is 1. The maximum Gasteiger partial charge on any atom is 0.272 e. The van der Waals surface area contributed by atoms with Crippen LogP contribution in [0.5, 0.6) is 0 Å². The molecule has 8 heteroatoms. The molecular weight excluding hydrogens is 361 g/mol. The number of aryl methyl sites for hydroxylation is 1. The summed E-state index contributed by atoms with van der Waals surface area (Å²) in [6.45, 7) is 4.94. The predicted octanol–water partition coefficient (Wildman–Crippen LogP) is 3.22. The van der Waals surface area contributed by atoms with Gasteiger partial charge in [0.1, 0.15) is 5.69 Å². The average molecular weight is 380 g/mol. The SMILES string of the molecule is Cc1cc(C(=O)N2CCN(C)CC2)nc(Nc2cc(Cl)ccc2Cl)n1. The van der Waals surface area contributed by atoms with Crippen LogP contribution in [0.4, 0.5) is 11.6 Å². The van der Waals surface area contributed by atoms with Gasteiger partial charge in [0, 0.05) is 36.9 Å². The number of halogens is 2. The summed E-state index contributed by atoms with van der Waals surface area (Å²) in [6.07, 6.45) is 0. The minimum Gasteiger partial charge on any atom is -0.335 e. The Bertz CT molecular complexity index is 791. The molecule has 1 aromatic carbocycles. The van der Waals surface area contributed by atoms with Crippen molar-refractivity contribution >= 4 is 40.7 Å². The monoisotopic (exact) mass is 379 g/mol. The van der Waals surface area contributed by atoms with Crippen molar-refractivity contribution in [3.05, 3.63) is 45.7 Å². The smallest absolute Gasteiger partial charge is 0.272 e. The molecule has 1 aromatic heterocycles. The molecule has 25 heavy (non-hydrogen) atoms. The Kier molecular flexibility index (Phi) is 5.42. The molecule has 132 valence electrons. The Hall–Kier alpha value is -1.89. The van der Waals surface area contributed by atoms with Crippen molar-refractivity contribution in [2.24, 2.45) is 0 Å². The Morgan fingerprint density at radius 3 is 2.56 bits per heavy atom. The number of carbonyl (C=O) groups is 1. The minimum atomic E-state index is -0.0844. The number of carbonyl (C=O) groups excluding carboxylic acids is 1. The van der Waals surface area contributed by atoms with Gasteiger partial charge in [-0.25, -0.2) is 9.97 Å². The lowest BCUT2D eigenvalue weighted by Crippen LogP contribution is -2.47. The van der Waals surface area contributed by atoms with Gasteiger partial charge < -0.3 is 15.1 Å². The van der Waals surface area contributed by atoms with Crippen molar-refractivity contribution < 1.29 is 4.79 Å². The number of likely N-dealkylation sites (N-methyl/N-ethyl adjacent to an activating group) is 1. The van der Waals surface area contributed by atoms with Crippen LogP contribution in [0.1, 0.15) is 16.2 Å². The molecule has 0 unspecified atom stereocenters. The first-order chi connectivity index (χ1) is 11.9. The zero-order chi connectivity index (χ0) is 18.0. The van der Waals surface area contributed by atoms with Crippen LogP contribution in [0.2, 0.25) is 10.0 Å². The maximum atomic E-state index is 12.7. The summed E-state index contributed by atoms with van der Waals surface area (Å²) >= 11 is 12.2. The molecule has 0 radical (unpaired) electrons. The molecule has 0 aliphatic carbocycles. The molecule has 2 heterocycles. The highest BCUT2D eigenvalue weighted by Gasteiger charge is 2.22. The second kappa shape index (κ2) is 7.56. The highest BCUT2D eigenvalue weighted by atomic mass is 35.5. The van der Waals surface area contributed by atoms with Crippen LogP contribution >= 0.6 is 23.2 Å². The largest absolute Gasteiger partial charge is 0.335 e. The van der Waals surface area contributed by atoms with Gasteiger partial charge >= 0.3 is 0 Å². The maximum absolute atomic E-state index is 12.7. The van der Waals surface area contributed by atoms with Gasteiger partial charge in [0.2, 0.25) is 5.95 Å². The van der Waals surface area contributed by atoms with Gasteiger partial charge in [-0.3, -0.25) is 4.79 Å². The van der Waals surface area contributed by atoms with Gasteiger partial charge in [-0.05, 0) is 38.2 Å². The van der Waals surface area contributed by atoms with E-state index in [0.717, 1.165) is 13.1 Å². The third-order valence-corrected chi connectivity index (χ3v) is 4.60. The number of nitrogens with zero attached hydrogens (tertiary/aromatic N) is 4. The second-order valence-corrected chi connectivity index (χ2v) is 6.91. The van der Waals surface area contributed by atoms with Crippen molar-refractivity contribution in [1.82, 2.24) is 19.8 Å². The number of hydrogen-bond acceptors (Lipinski definition) is 5. The Balaban J connectivity index is 1.83. The first-order valence-corrected chi connectivity index (χ1v) is 8.73. The molecule has 0 saturated carbocycles. The normalized spacial score (nSPS) is 15.3. The predicted molar refractivity (Wildman–Crippen MR) is 99.9 cm³/mol. The summed E-state index contributed by atoms with van der Waals surface area (Å²) in [7, 11) is 2.05. The minimum absolute atomic E-state index is 0.0844. The van der Waals surface area contributed by atoms with Crippen molar-refractivity contribution in [3.8, 4) is 0 Å². The van der Waals surface area contributed by atoms with Crippen LogP contribution in [0, 0.1) is 6.92 Å². The van der Waals surface area contributed by atoms with Crippen LogP contribution in [-0.2, 0) is 0 Å². The van der Waals surface area contributed by atoms with Crippen molar-refractivity contribution in [1.29, 1.82) is 0 Å². The zero-order valence-corrected chi connectivity index (χ0v) is 15.6. The molecule has 3 rings (SSSR count). The van der Waals surface area contributed by atoms with Crippen LogP contribution in [-0.4, -0.2) is 58.9 Å². The Morgan fingerprint density at radius 1 is 1.12 bits per heavy atom. The molecule has 6 nitrogen and oxygen atoms in total. The van der Waals surface area contributed by atoms with Crippen LogP contribution < -0.4 is 5.32 Å². The quantitative estimate of drug-likeness (QED) is 0.886. The summed E-state index contributed by atoms with van der Waals surface area (Å²) in [5.74, 6) is 0.237. The molecular formula is C17H19Cl2N5O. The Morgan fingerprint density at radius 2 is 1.84 bits per heavy atom. The van der Waals surface area contributed by atoms with Gasteiger partial charge in [-0.15, -0.1) is 0 Å². The number of nitrogens with one attached hydrogen (secondary N) is 1. The van der Waals surface area contributed by atoms with Crippen molar-refractivity contribution in [3.63, 3.8) is 0 Å². The van der Waals surface area contributed by atoms with Gasteiger partial charge in [0.05, 0.1) is 10.7 Å². The van der Waals surface area contributed by atoms with Crippen LogP contribution in [0.15, 0.2) is 24.3 Å². The lowest BCUT2D eigenvalue weighted by Gasteiger charge is -2.32. The highest BCUT2D eigenvalue weighted by molar-refractivity contribution is 6.35. The molecule has 2 aromatic rings. The summed E-state index contributed by atoms with van der Waals surface area (Å²) in [5.41, 5.74) is 1.67. The molecule has 1 fully saturated rings. The zero-order valence-electron chi connectivity index (χ0n) is 14.1. The standard InChI is InChI=1S/C17H19Cl2N5O/c1-11-9-15(16(25)24-7-5-23(2)6-8-24)22-17(20-11)21-14-10-12(18)3-4-13(14)19/h3-4,9-10H,5-8H2,1-2H3,(H,20,21,22). The van der Waals surface area contributed by atoms with E-state index in [1.54, 1.807) is 24.3 Å². The molecule has 0 spiro atoms. The van der Waals surface area contributed by atoms with Crippen molar-refractivity contribution in [2.45, 2.75) is 6.92 Å². The van der Waals surface area contributed by atoms with Crippen LogP contribution in [0.3, 0.4) is 0 Å². The molecule has 1 N–H and O–H groups in total. The third-order valence-electron chi connectivity index (χ3n) is 4.04. The fraction of sp³-hybridized carbons (Fsp3) is 0.353. The molecule has 1 aliphatic heterocycles. The summed E-state index contributed by atoms with van der Waals surface area (Å²) in [6, 6.07) is 6.79. The van der Waals surface area contributed by atoms with Crippen LogP contribution in [0.25, 0.3) is 0 Å². The first kappa shape index (κ1) is 17.9. The number of rotatable bonds is 3. The van der Waals surface area contributed by atoms with Gasteiger partial charge in [0.25, 0.3) is 5.91 Å². The third kappa shape index (κ3) is 4.39. The fourth-order valence-corrected chi connectivity index (χ4v) is 2.96. The van der Waals surface area contributed by atoms with E-state index in [1.807, 2.05) is 18.9 Å². The summed E-state index contributed by atoms with van der Waals surface area (Å²) < 4.78 is 0. The van der Waals surface area contributed by atoms with E-state index in [2.05, 4.69) is 20.2 Å². The van der Waals surface area contributed by atoms with Gasteiger partial charge in [0.15, 0.2) is 0 Å². The molecule has 0 atom stereocenters. The van der Waals surface area contributed by atoms with E-state index >= 15 is 0 Å². The summed E-state index contributed by atoms with van der Waals surface area (Å²) in [5, 5.41) is 4.09. The van der Waals surface area contributed by atoms with Gasteiger partial charge in [-0.2, -0.15) is 0 Å². The Labute approximate surface area is 156 Å². The van der Waals surface area contributed by atoms with E-state index in [-0.39, 0.29) is 5.91 Å².